The van der Waals surface area contributed by atoms with Gasteiger partial charge < -0.3 is 0 Å². The van der Waals surface area contributed by atoms with Gasteiger partial charge in [0.1, 0.15) is 0 Å². The van der Waals surface area contributed by atoms with E-state index in [0.29, 0.717) is 5.02 Å². The molecule has 0 amide bonds. The molecular formula is C17H12ClNO. The molecule has 3 heteroatoms. The Morgan fingerprint density at radius 3 is 2.60 bits per heavy atom. The second-order valence-corrected chi connectivity index (χ2v) is 5.46. The van der Waals surface area contributed by atoms with E-state index in [0.717, 1.165) is 34.1 Å². The summed E-state index contributed by atoms with van der Waals surface area (Å²) in [6.45, 7) is 2.11. The van der Waals surface area contributed by atoms with E-state index in [2.05, 4.69) is 6.92 Å². The van der Waals surface area contributed by atoms with Crippen LogP contribution in [0.15, 0.2) is 42.5 Å². The third-order valence-corrected chi connectivity index (χ3v) is 4.24. The molecule has 1 aliphatic rings. The lowest BCUT2D eigenvalue weighted by Gasteiger charge is -2.01. The summed E-state index contributed by atoms with van der Waals surface area (Å²) in [7, 11) is 0. The molecule has 0 fully saturated rings. The van der Waals surface area contributed by atoms with Gasteiger partial charge in [-0.05, 0) is 36.2 Å². The smallest absolute Gasteiger partial charge is 0.263 e. The van der Waals surface area contributed by atoms with Gasteiger partial charge in [0.2, 0.25) is 0 Å². The summed E-state index contributed by atoms with van der Waals surface area (Å²) in [5, 5.41) is 1.79. The van der Waals surface area contributed by atoms with E-state index in [1.165, 1.54) is 5.56 Å². The van der Waals surface area contributed by atoms with Gasteiger partial charge in [-0.15, -0.1) is 0 Å². The number of hydrogen-bond acceptors (Lipinski definition) is 1. The summed E-state index contributed by atoms with van der Waals surface area (Å²) in [6, 6.07) is 13.5. The third kappa shape index (κ3) is 1.32. The number of fused-ring (bicyclic) bond motifs is 5. The number of aromatic nitrogens is 1. The highest BCUT2D eigenvalue weighted by Gasteiger charge is 2.31. The van der Waals surface area contributed by atoms with Gasteiger partial charge in [0.15, 0.2) is 0 Å². The van der Waals surface area contributed by atoms with Gasteiger partial charge >= 0.3 is 0 Å². The molecule has 0 N–H and O–H groups in total. The molecular weight excluding hydrogens is 270 g/mol. The number of nitrogens with zero attached hydrogens (tertiary/aromatic N) is 1. The van der Waals surface area contributed by atoms with Crippen molar-refractivity contribution in [2.24, 2.45) is 0 Å². The Balaban J connectivity index is 2.21. The number of carbonyl (C=O) groups is 1. The maximum Gasteiger partial charge on any atom is 0.263 e. The first kappa shape index (κ1) is 11.7. The number of benzene rings is 2. The Morgan fingerprint density at radius 2 is 1.85 bits per heavy atom. The number of rotatable bonds is 1. The van der Waals surface area contributed by atoms with Crippen molar-refractivity contribution in [2.75, 3.05) is 0 Å². The van der Waals surface area contributed by atoms with Gasteiger partial charge in [-0.25, -0.2) is 0 Å². The summed E-state index contributed by atoms with van der Waals surface area (Å²) in [5.74, 6) is 0.0580. The first-order chi connectivity index (χ1) is 9.72. The highest BCUT2D eigenvalue weighted by Crippen LogP contribution is 2.41. The van der Waals surface area contributed by atoms with Gasteiger partial charge in [0.25, 0.3) is 5.91 Å². The van der Waals surface area contributed by atoms with Gasteiger partial charge in [0.05, 0.1) is 11.2 Å². The minimum atomic E-state index is 0.0580. The Labute approximate surface area is 121 Å². The lowest BCUT2D eigenvalue weighted by molar-refractivity contribution is 0.0973. The second-order valence-electron chi connectivity index (χ2n) is 5.03. The van der Waals surface area contributed by atoms with Crippen LogP contribution < -0.4 is 0 Å². The SMILES string of the molecule is CCc1c2n(c3ccc(Cl)cc13)C(=O)c1ccccc1-2. The van der Waals surface area contributed by atoms with Crippen molar-refractivity contribution in [3.63, 3.8) is 0 Å². The molecule has 1 aromatic heterocycles. The number of aryl methyl sites for hydroxylation is 1. The summed E-state index contributed by atoms with van der Waals surface area (Å²) in [4.78, 5) is 12.6. The largest absolute Gasteiger partial charge is 0.275 e. The van der Waals surface area contributed by atoms with Crippen LogP contribution in [0.3, 0.4) is 0 Å². The average molecular weight is 282 g/mol. The Kier molecular flexibility index (Phi) is 2.33. The zero-order chi connectivity index (χ0) is 13.9. The molecule has 2 nitrogen and oxygen atoms in total. The molecule has 2 aromatic carbocycles. The van der Waals surface area contributed by atoms with Crippen LogP contribution in [0.25, 0.3) is 22.2 Å². The van der Waals surface area contributed by atoms with Crippen molar-refractivity contribution in [1.29, 1.82) is 0 Å². The predicted octanol–water partition coefficient (Wildman–Crippen LogP) is 4.53. The monoisotopic (exact) mass is 281 g/mol. The quantitative estimate of drug-likeness (QED) is 0.502. The van der Waals surface area contributed by atoms with E-state index < -0.39 is 0 Å². The average Bonchev–Trinajstić information content (AvgIpc) is 2.93. The summed E-state index contributed by atoms with van der Waals surface area (Å²) in [6.07, 6.45) is 0.876. The van der Waals surface area contributed by atoms with E-state index in [-0.39, 0.29) is 5.91 Å². The van der Waals surface area contributed by atoms with E-state index in [9.17, 15) is 4.79 Å². The Bertz CT molecular complexity index is 876. The molecule has 4 rings (SSSR count). The molecule has 0 aliphatic carbocycles. The second kappa shape index (κ2) is 3.97. The van der Waals surface area contributed by atoms with Crippen molar-refractivity contribution < 1.29 is 4.79 Å². The fourth-order valence-electron chi connectivity index (χ4n) is 3.18. The number of halogens is 1. The Morgan fingerprint density at radius 1 is 1.10 bits per heavy atom. The fraction of sp³-hybridized carbons (Fsp3) is 0.118. The molecule has 1 aliphatic heterocycles. The van der Waals surface area contributed by atoms with E-state index in [1.807, 2.05) is 47.0 Å². The number of hydrogen-bond donors (Lipinski definition) is 0. The topological polar surface area (TPSA) is 22.0 Å². The molecule has 3 aromatic rings. The lowest BCUT2D eigenvalue weighted by Crippen LogP contribution is -2.05. The summed E-state index contributed by atoms with van der Waals surface area (Å²) in [5.41, 5.74) is 4.99. The summed E-state index contributed by atoms with van der Waals surface area (Å²) >= 11 is 6.11. The van der Waals surface area contributed by atoms with E-state index in [1.54, 1.807) is 0 Å². The van der Waals surface area contributed by atoms with Crippen LogP contribution in [0.1, 0.15) is 22.8 Å². The molecule has 0 atom stereocenters. The van der Waals surface area contributed by atoms with E-state index in [4.69, 9.17) is 11.6 Å². The first-order valence-corrected chi connectivity index (χ1v) is 7.07. The normalized spacial score (nSPS) is 12.8. The van der Waals surface area contributed by atoms with Gasteiger partial charge in [-0.2, -0.15) is 0 Å². The van der Waals surface area contributed by atoms with Crippen LogP contribution >= 0.6 is 11.6 Å². The Hall–Kier alpha value is -2.06. The highest BCUT2D eigenvalue weighted by molar-refractivity contribution is 6.31. The molecule has 20 heavy (non-hydrogen) atoms. The highest BCUT2D eigenvalue weighted by atomic mass is 35.5. The maximum atomic E-state index is 12.6. The molecule has 98 valence electrons. The minimum absolute atomic E-state index is 0.0580. The molecule has 0 radical (unpaired) electrons. The molecule has 2 heterocycles. The van der Waals surface area contributed by atoms with Gasteiger partial charge in [-0.1, -0.05) is 36.7 Å². The van der Waals surface area contributed by atoms with Crippen LogP contribution in [0.4, 0.5) is 0 Å². The van der Waals surface area contributed by atoms with Crippen LogP contribution in [0, 0.1) is 0 Å². The molecule has 0 unspecified atom stereocenters. The predicted molar refractivity (Wildman–Crippen MR) is 81.5 cm³/mol. The fourth-order valence-corrected chi connectivity index (χ4v) is 3.35. The lowest BCUT2D eigenvalue weighted by atomic mass is 10.0. The molecule has 0 saturated carbocycles. The van der Waals surface area contributed by atoms with Crippen LogP contribution in [0.5, 0.6) is 0 Å². The zero-order valence-electron chi connectivity index (χ0n) is 11.0. The van der Waals surface area contributed by atoms with Gasteiger partial charge in [0, 0.05) is 21.5 Å². The van der Waals surface area contributed by atoms with Crippen molar-refractivity contribution in [1.82, 2.24) is 4.57 Å². The van der Waals surface area contributed by atoms with Gasteiger partial charge in [-0.3, -0.25) is 9.36 Å². The van der Waals surface area contributed by atoms with Crippen molar-refractivity contribution in [3.8, 4) is 11.3 Å². The molecule has 0 saturated heterocycles. The third-order valence-electron chi connectivity index (χ3n) is 4.00. The van der Waals surface area contributed by atoms with Crippen molar-refractivity contribution in [2.45, 2.75) is 13.3 Å². The molecule has 0 bridgehead atoms. The molecule has 0 spiro atoms. The van der Waals surface area contributed by atoms with E-state index >= 15 is 0 Å². The standard InChI is InChI=1S/C17H12ClNO/c1-2-11-14-9-10(18)7-8-15(14)19-16(11)12-5-3-4-6-13(12)17(19)20/h3-9H,2H2,1H3. The van der Waals surface area contributed by atoms with Crippen molar-refractivity contribution >= 4 is 28.4 Å². The van der Waals surface area contributed by atoms with Crippen LogP contribution in [-0.4, -0.2) is 10.5 Å². The first-order valence-electron chi connectivity index (χ1n) is 6.69. The van der Waals surface area contributed by atoms with Crippen LogP contribution in [-0.2, 0) is 6.42 Å². The summed E-state index contributed by atoms with van der Waals surface area (Å²) < 4.78 is 1.83. The maximum absolute atomic E-state index is 12.6. The number of carbonyl (C=O) groups excluding carboxylic acids is 1. The van der Waals surface area contributed by atoms with Crippen molar-refractivity contribution in [3.05, 3.63) is 58.6 Å². The minimum Gasteiger partial charge on any atom is -0.275 e. The zero-order valence-corrected chi connectivity index (χ0v) is 11.7. The van der Waals surface area contributed by atoms with Crippen LogP contribution in [0.2, 0.25) is 5.02 Å².